The van der Waals surface area contributed by atoms with E-state index >= 15 is 0 Å². The molecule has 0 saturated carbocycles. The molecule has 0 bridgehead atoms. The van der Waals surface area contributed by atoms with Gasteiger partial charge in [0.1, 0.15) is 0 Å². The van der Waals surface area contributed by atoms with E-state index in [1.54, 1.807) is 0 Å². The minimum absolute atomic E-state index is 0.377. The summed E-state index contributed by atoms with van der Waals surface area (Å²) in [6, 6.07) is 0. The van der Waals surface area contributed by atoms with Crippen LogP contribution >= 0.6 is 0 Å². The maximum Gasteiger partial charge on any atom is 0.0163 e. The van der Waals surface area contributed by atoms with Gasteiger partial charge < -0.3 is 5.73 Å². The highest BCUT2D eigenvalue weighted by atomic mass is 15.2. The molecular weight excluding hydrogens is 148 g/mol. The fraction of sp³-hybridized carbons (Fsp3) is 0.800. The molecule has 1 atom stereocenters. The molecule has 0 spiro atoms. The molecule has 0 aromatic carbocycles. The lowest BCUT2D eigenvalue weighted by Gasteiger charge is -2.21. The Morgan fingerprint density at radius 1 is 1.58 bits per heavy atom. The van der Waals surface area contributed by atoms with E-state index in [0.29, 0.717) is 5.41 Å². The van der Waals surface area contributed by atoms with Crippen LogP contribution in [0.2, 0.25) is 0 Å². The molecule has 0 aliphatic carbocycles. The van der Waals surface area contributed by atoms with Crippen LogP contribution in [0.3, 0.4) is 0 Å². The molecule has 1 fully saturated rings. The monoisotopic (exact) mass is 168 g/mol. The van der Waals surface area contributed by atoms with Gasteiger partial charge in [-0.3, -0.25) is 4.90 Å². The standard InChI is InChI=1S/C10H20N2/c1-3-4-6-12-7-5-10(2,8-11)9-12/h3-4H,5-9,11H2,1-2H3/b4-3+. The summed E-state index contributed by atoms with van der Waals surface area (Å²) in [5.74, 6) is 0. The Bertz CT molecular complexity index is 165. The second-order valence-electron chi connectivity index (χ2n) is 4.07. The van der Waals surface area contributed by atoms with Crippen LogP contribution in [0, 0.1) is 5.41 Å². The first kappa shape index (κ1) is 9.75. The van der Waals surface area contributed by atoms with Crippen LogP contribution in [-0.4, -0.2) is 31.1 Å². The molecule has 0 amide bonds. The van der Waals surface area contributed by atoms with Crippen LogP contribution in [0.15, 0.2) is 12.2 Å². The Balaban J connectivity index is 2.35. The molecule has 1 unspecified atom stereocenters. The van der Waals surface area contributed by atoms with Crippen molar-refractivity contribution in [3.05, 3.63) is 12.2 Å². The molecule has 2 heteroatoms. The zero-order chi connectivity index (χ0) is 9.03. The SMILES string of the molecule is C/C=C/CN1CCC(C)(CN)C1. The predicted octanol–water partition coefficient (Wildman–Crippen LogP) is 1.23. The molecule has 0 aromatic rings. The molecule has 2 nitrogen and oxygen atoms in total. The molecule has 0 radical (unpaired) electrons. The maximum atomic E-state index is 5.71. The molecule has 0 aromatic heterocycles. The van der Waals surface area contributed by atoms with Gasteiger partial charge in [0.15, 0.2) is 0 Å². The number of nitrogens with two attached hydrogens (primary N) is 1. The highest BCUT2D eigenvalue weighted by Gasteiger charge is 2.31. The third kappa shape index (κ3) is 2.32. The van der Waals surface area contributed by atoms with Gasteiger partial charge >= 0.3 is 0 Å². The van der Waals surface area contributed by atoms with Gasteiger partial charge in [-0.1, -0.05) is 19.1 Å². The second-order valence-corrected chi connectivity index (χ2v) is 4.07. The van der Waals surface area contributed by atoms with Crippen LogP contribution in [-0.2, 0) is 0 Å². The number of nitrogens with zero attached hydrogens (tertiary/aromatic N) is 1. The van der Waals surface area contributed by atoms with Crippen molar-refractivity contribution in [2.45, 2.75) is 20.3 Å². The van der Waals surface area contributed by atoms with Gasteiger partial charge in [-0.15, -0.1) is 0 Å². The van der Waals surface area contributed by atoms with Gasteiger partial charge in [0.2, 0.25) is 0 Å². The number of rotatable bonds is 3. The minimum Gasteiger partial charge on any atom is -0.330 e. The number of allylic oxidation sites excluding steroid dienone is 1. The topological polar surface area (TPSA) is 29.3 Å². The first-order valence-electron chi connectivity index (χ1n) is 4.74. The third-order valence-electron chi connectivity index (χ3n) is 2.73. The molecular formula is C10H20N2. The Morgan fingerprint density at radius 2 is 2.33 bits per heavy atom. The van der Waals surface area contributed by atoms with E-state index in [1.807, 2.05) is 0 Å². The molecule has 1 aliphatic heterocycles. The Morgan fingerprint density at radius 3 is 2.83 bits per heavy atom. The van der Waals surface area contributed by atoms with E-state index in [9.17, 15) is 0 Å². The van der Waals surface area contributed by atoms with Crippen LogP contribution in [0.5, 0.6) is 0 Å². The van der Waals surface area contributed by atoms with E-state index in [4.69, 9.17) is 5.73 Å². The largest absolute Gasteiger partial charge is 0.330 e. The summed E-state index contributed by atoms with van der Waals surface area (Å²) in [5, 5.41) is 0. The van der Waals surface area contributed by atoms with Gasteiger partial charge in [0.25, 0.3) is 0 Å². The van der Waals surface area contributed by atoms with E-state index < -0.39 is 0 Å². The summed E-state index contributed by atoms with van der Waals surface area (Å²) in [6.07, 6.45) is 5.57. The van der Waals surface area contributed by atoms with E-state index in [-0.39, 0.29) is 0 Å². The Kier molecular flexibility index (Phi) is 3.29. The lowest BCUT2D eigenvalue weighted by atomic mass is 9.90. The van der Waals surface area contributed by atoms with Crippen molar-refractivity contribution in [2.24, 2.45) is 11.1 Å². The first-order chi connectivity index (χ1) is 5.70. The van der Waals surface area contributed by atoms with Crippen LogP contribution in [0.4, 0.5) is 0 Å². The number of likely N-dealkylation sites (tertiary alicyclic amines) is 1. The minimum atomic E-state index is 0.377. The van der Waals surface area contributed by atoms with Crippen LogP contribution < -0.4 is 5.73 Å². The van der Waals surface area contributed by atoms with Gasteiger partial charge in [-0.2, -0.15) is 0 Å². The van der Waals surface area contributed by atoms with Gasteiger partial charge in [0.05, 0.1) is 0 Å². The lowest BCUT2D eigenvalue weighted by Crippen LogP contribution is -2.31. The Labute approximate surface area is 75.4 Å². The lowest BCUT2D eigenvalue weighted by molar-refractivity contribution is 0.300. The quantitative estimate of drug-likeness (QED) is 0.642. The predicted molar refractivity (Wildman–Crippen MR) is 53.0 cm³/mol. The molecule has 1 aliphatic rings. The maximum absolute atomic E-state index is 5.71. The summed E-state index contributed by atoms with van der Waals surface area (Å²) >= 11 is 0. The molecule has 2 N–H and O–H groups in total. The average Bonchev–Trinajstić information content (AvgIpc) is 2.45. The van der Waals surface area contributed by atoms with Crippen molar-refractivity contribution in [1.82, 2.24) is 4.90 Å². The summed E-state index contributed by atoms with van der Waals surface area (Å²) < 4.78 is 0. The second kappa shape index (κ2) is 4.06. The van der Waals surface area contributed by atoms with E-state index in [0.717, 1.165) is 19.6 Å². The van der Waals surface area contributed by atoms with Gasteiger partial charge in [-0.05, 0) is 31.8 Å². The highest BCUT2D eigenvalue weighted by molar-refractivity contribution is 4.91. The fourth-order valence-electron chi connectivity index (χ4n) is 1.70. The molecule has 1 rings (SSSR count). The fourth-order valence-corrected chi connectivity index (χ4v) is 1.70. The highest BCUT2D eigenvalue weighted by Crippen LogP contribution is 2.27. The number of hydrogen-bond donors (Lipinski definition) is 1. The van der Waals surface area contributed by atoms with Crippen LogP contribution in [0.1, 0.15) is 20.3 Å². The molecule has 12 heavy (non-hydrogen) atoms. The zero-order valence-electron chi connectivity index (χ0n) is 8.21. The first-order valence-corrected chi connectivity index (χ1v) is 4.74. The summed E-state index contributed by atoms with van der Waals surface area (Å²) in [7, 11) is 0. The van der Waals surface area contributed by atoms with Crippen molar-refractivity contribution in [2.75, 3.05) is 26.2 Å². The number of hydrogen-bond acceptors (Lipinski definition) is 2. The smallest absolute Gasteiger partial charge is 0.0163 e. The normalized spacial score (nSPS) is 31.9. The van der Waals surface area contributed by atoms with E-state index in [1.165, 1.54) is 13.0 Å². The third-order valence-corrected chi connectivity index (χ3v) is 2.73. The van der Waals surface area contributed by atoms with Crippen molar-refractivity contribution in [3.8, 4) is 0 Å². The summed E-state index contributed by atoms with van der Waals surface area (Å²) in [6.45, 7) is 8.62. The van der Waals surface area contributed by atoms with Crippen molar-refractivity contribution in [3.63, 3.8) is 0 Å². The van der Waals surface area contributed by atoms with Crippen molar-refractivity contribution < 1.29 is 0 Å². The zero-order valence-corrected chi connectivity index (χ0v) is 8.21. The van der Waals surface area contributed by atoms with Crippen LogP contribution in [0.25, 0.3) is 0 Å². The van der Waals surface area contributed by atoms with Gasteiger partial charge in [-0.25, -0.2) is 0 Å². The van der Waals surface area contributed by atoms with E-state index in [2.05, 4.69) is 30.9 Å². The summed E-state index contributed by atoms with van der Waals surface area (Å²) in [4.78, 5) is 2.47. The van der Waals surface area contributed by atoms with Crippen molar-refractivity contribution in [1.29, 1.82) is 0 Å². The molecule has 70 valence electrons. The average molecular weight is 168 g/mol. The summed E-state index contributed by atoms with van der Waals surface area (Å²) in [5.41, 5.74) is 6.09. The van der Waals surface area contributed by atoms with Crippen molar-refractivity contribution >= 4 is 0 Å². The van der Waals surface area contributed by atoms with Gasteiger partial charge in [0, 0.05) is 13.1 Å². The Hall–Kier alpha value is -0.340. The molecule has 1 heterocycles. The molecule has 1 saturated heterocycles.